The summed E-state index contributed by atoms with van der Waals surface area (Å²) in [6, 6.07) is 0. The molecule has 0 atom stereocenters. The van der Waals surface area contributed by atoms with Crippen LogP contribution in [0.15, 0.2) is 13.2 Å². The normalized spacial score (nSPS) is 4.83. The van der Waals surface area contributed by atoms with Gasteiger partial charge < -0.3 is 4.79 Å². The van der Waals surface area contributed by atoms with Crippen LogP contribution < -0.4 is 0 Å². The Hall–Kier alpha value is -0.590. The number of aldehydes is 1. The third-order valence-electron chi connectivity index (χ3n) is 0.167. The highest BCUT2D eigenvalue weighted by atomic mass is 16.1. The average Bonchev–Trinajstić information content (AvgIpc) is 1.72. The first-order chi connectivity index (χ1) is 2.91. The predicted molar refractivity (Wildman–Crippen MR) is 27.6 cm³/mol. The molecule has 0 aliphatic carbocycles. The molecule has 0 aliphatic heterocycles. The van der Waals surface area contributed by atoms with E-state index in [-0.39, 0.29) is 0 Å². The molecule has 0 unspecified atom stereocenters. The Morgan fingerprint density at radius 3 is 1.83 bits per heavy atom. The van der Waals surface area contributed by atoms with Gasteiger partial charge >= 0.3 is 0 Å². The summed E-state index contributed by atoms with van der Waals surface area (Å²) in [5.74, 6) is 0. The quantitative estimate of drug-likeness (QED) is 0.348. The highest BCUT2D eigenvalue weighted by Gasteiger charge is 1.52. The van der Waals surface area contributed by atoms with Crippen molar-refractivity contribution in [3.63, 3.8) is 0 Å². The molecule has 0 aromatic carbocycles. The molecule has 0 aromatic rings. The molecule has 0 saturated heterocycles. The lowest BCUT2D eigenvalue weighted by Crippen LogP contribution is -1.55. The summed E-state index contributed by atoms with van der Waals surface area (Å²) >= 11 is 0. The zero-order valence-electron chi connectivity index (χ0n) is 4.11. The SMILES string of the molecule is C=C.CCC=O. The van der Waals surface area contributed by atoms with Crippen LogP contribution in [0.3, 0.4) is 0 Å². The van der Waals surface area contributed by atoms with E-state index in [4.69, 9.17) is 0 Å². The minimum Gasteiger partial charge on any atom is -0.303 e. The van der Waals surface area contributed by atoms with Gasteiger partial charge in [0.2, 0.25) is 0 Å². The standard InChI is InChI=1S/C3H6O.C2H4/c1-2-3-4;1-2/h3H,2H2,1H3;1-2H2. The molecular formula is C5H10O. The van der Waals surface area contributed by atoms with Crippen molar-refractivity contribution in [1.82, 2.24) is 0 Å². The topological polar surface area (TPSA) is 17.1 Å². The van der Waals surface area contributed by atoms with E-state index in [1.54, 1.807) is 0 Å². The van der Waals surface area contributed by atoms with Crippen molar-refractivity contribution in [2.24, 2.45) is 0 Å². The second kappa shape index (κ2) is 25.8. The van der Waals surface area contributed by atoms with Gasteiger partial charge in [0.1, 0.15) is 6.29 Å². The summed E-state index contributed by atoms with van der Waals surface area (Å²) in [5, 5.41) is 0. The second-order valence-corrected chi connectivity index (χ2v) is 0.575. The fraction of sp³-hybridized carbons (Fsp3) is 0.400. The van der Waals surface area contributed by atoms with E-state index < -0.39 is 0 Å². The monoisotopic (exact) mass is 86.1 g/mol. The number of rotatable bonds is 1. The predicted octanol–water partition coefficient (Wildman–Crippen LogP) is 1.40. The molecule has 0 amide bonds. The Labute approximate surface area is 38.7 Å². The third-order valence-corrected chi connectivity index (χ3v) is 0.167. The van der Waals surface area contributed by atoms with Gasteiger partial charge in [0, 0.05) is 6.42 Å². The van der Waals surface area contributed by atoms with Gasteiger partial charge in [-0.25, -0.2) is 0 Å². The van der Waals surface area contributed by atoms with Crippen molar-refractivity contribution in [3.05, 3.63) is 13.2 Å². The van der Waals surface area contributed by atoms with Crippen molar-refractivity contribution in [1.29, 1.82) is 0 Å². The molecule has 1 heteroatoms. The van der Waals surface area contributed by atoms with Crippen LogP contribution >= 0.6 is 0 Å². The van der Waals surface area contributed by atoms with Gasteiger partial charge in [-0.2, -0.15) is 0 Å². The molecular weight excluding hydrogens is 76.1 g/mol. The zero-order chi connectivity index (χ0) is 5.41. The lowest BCUT2D eigenvalue weighted by atomic mass is 10.6. The van der Waals surface area contributed by atoms with Gasteiger partial charge in [0.15, 0.2) is 0 Å². The number of carbonyl (C=O) groups is 1. The van der Waals surface area contributed by atoms with Crippen LogP contribution in [0.1, 0.15) is 13.3 Å². The van der Waals surface area contributed by atoms with Crippen LogP contribution in [0.25, 0.3) is 0 Å². The summed E-state index contributed by atoms with van der Waals surface area (Å²) < 4.78 is 0. The minimum atomic E-state index is 0.639. The van der Waals surface area contributed by atoms with Gasteiger partial charge in [-0.05, 0) is 0 Å². The zero-order valence-corrected chi connectivity index (χ0v) is 4.11. The van der Waals surface area contributed by atoms with Crippen LogP contribution in [0, 0.1) is 0 Å². The fourth-order valence-electron chi connectivity index (χ4n) is 0. The van der Waals surface area contributed by atoms with E-state index in [0.29, 0.717) is 6.42 Å². The maximum absolute atomic E-state index is 9.17. The summed E-state index contributed by atoms with van der Waals surface area (Å²) in [7, 11) is 0. The van der Waals surface area contributed by atoms with Crippen molar-refractivity contribution in [2.45, 2.75) is 13.3 Å². The molecule has 0 radical (unpaired) electrons. The molecule has 0 saturated carbocycles. The average molecular weight is 86.1 g/mol. The fourth-order valence-corrected chi connectivity index (χ4v) is 0. The number of carbonyl (C=O) groups excluding carboxylic acids is 1. The van der Waals surface area contributed by atoms with Crippen LogP contribution in [0.4, 0.5) is 0 Å². The minimum absolute atomic E-state index is 0.639. The van der Waals surface area contributed by atoms with E-state index in [2.05, 4.69) is 13.2 Å². The molecule has 0 spiro atoms. The van der Waals surface area contributed by atoms with E-state index in [9.17, 15) is 4.79 Å². The molecule has 0 aromatic heterocycles. The second-order valence-electron chi connectivity index (χ2n) is 0.575. The molecule has 0 fully saturated rings. The van der Waals surface area contributed by atoms with Gasteiger partial charge in [0.25, 0.3) is 0 Å². The van der Waals surface area contributed by atoms with E-state index >= 15 is 0 Å². The largest absolute Gasteiger partial charge is 0.303 e. The molecule has 6 heavy (non-hydrogen) atoms. The maximum Gasteiger partial charge on any atom is 0.119 e. The van der Waals surface area contributed by atoms with Crippen LogP contribution in [0.5, 0.6) is 0 Å². The van der Waals surface area contributed by atoms with Crippen LogP contribution in [-0.2, 0) is 4.79 Å². The summed E-state index contributed by atoms with van der Waals surface area (Å²) in [5.41, 5.74) is 0. The number of hydrogen-bond donors (Lipinski definition) is 0. The third kappa shape index (κ3) is 118. The summed E-state index contributed by atoms with van der Waals surface area (Å²) in [6.07, 6.45) is 1.51. The van der Waals surface area contributed by atoms with Gasteiger partial charge in [0.05, 0.1) is 0 Å². The maximum atomic E-state index is 9.17. The molecule has 0 N–H and O–H groups in total. The van der Waals surface area contributed by atoms with Crippen molar-refractivity contribution in [2.75, 3.05) is 0 Å². The Bertz CT molecular complexity index is 25.1. The molecule has 0 bridgehead atoms. The Kier molecular flexibility index (Phi) is 38.9. The summed E-state index contributed by atoms with van der Waals surface area (Å²) in [6.45, 7) is 7.81. The van der Waals surface area contributed by atoms with Gasteiger partial charge in [-0.3, -0.25) is 0 Å². The highest BCUT2D eigenvalue weighted by Crippen LogP contribution is 1.53. The molecule has 0 rings (SSSR count). The van der Waals surface area contributed by atoms with E-state index in [1.165, 1.54) is 0 Å². The first kappa shape index (κ1) is 9.05. The molecule has 0 aliphatic rings. The van der Waals surface area contributed by atoms with Crippen molar-refractivity contribution >= 4 is 6.29 Å². The first-order valence-corrected chi connectivity index (χ1v) is 1.85. The van der Waals surface area contributed by atoms with Crippen molar-refractivity contribution < 1.29 is 4.79 Å². The molecule has 36 valence electrons. The highest BCUT2D eigenvalue weighted by molar-refractivity contribution is 5.48. The van der Waals surface area contributed by atoms with Gasteiger partial charge in [-0.1, -0.05) is 6.92 Å². The lowest BCUT2D eigenvalue weighted by Gasteiger charge is -1.51. The van der Waals surface area contributed by atoms with E-state index in [0.717, 1.165) is 6.29 Å². The Morgan fingerprint density at radius 1 is 1.67 bits per heavy atom. The van der Waals surface area contributed by atoms with Crippen molar-refractivity contribution in [3.8, 4) is 0 Å². The smallest absolute Gasteiger partial charge is 0.119 e. The lowest BCUT2D eigenvalue weighted by molar-refractivity contribution is -0.107. The molecule has 0 heterocycles. The Balaban J connectivity index is 0. The van der Waals surface area contributed by atoms with Crippen LogP contribution in [0.2, 0.25) is 0 Å². The Morgan fingerprint density at radius 2 is 1.83 bits per heavy atom. The van der Waals surface area contributed by atoms with Gasteiger partial charge in [-0.15, -0.1) is 13.2 Å². The van der Waals surface area contributed by atoms with Crippen LogP contribution in [-0.4, -0.2) is 6.29 Å². The summed E-state index contributed by atoms with van der Waals surface area (Å²) in [4.78, 5) is 9.17. The first-order valence-electron chi connectivity index (χ1n) is 1.85. The molecule has 1 nitrogen and oxygen atoms in total. The number of hydrogen-bond acceptors (Lipinski definition) is 1. The van der Waals surface area contributed by atoms with E-state index in [1.807, 2.05) is 6.92 Å².